The molecule has 0 amide bonds. The van der Waals surface area contributed by atoms with Crippen molar-refractivity contribution >= 4 is 15.9 Å². The van der Waals surface area contributed by atoms with Gasteiger partial charge in [-0.25, -0.2) is 0 Å². The van der Waals surface area contributed by atoms with Crippen LogP contribution < -0.4 is 20.1 Å². The number of aliphatic hydroxyl groups excluding tert-OH is 1. The Bertz CT molecular complexity index is 678. The fourth-order valence-electron chi connectivity index (χ4n) is 2.43. The number of methoxy groups -OCH3 is 1. The monoisotopic (exact) mass is 422 g/mol. The second-order valence-corrected chi connectivity index (χ2v) is 6.87. The third-order valence-electron chi connectivity index (χ3n) is 3.93. The van der Waals surface area contributed by atoms with Gasteiger partial charge in [-0.2, -0.15) is 0 Å². The molecule has 26 heavy (non-hydrogen) atoms. The third-order valence-corrected chi connectivity index (χ3v) is 4.67. The zero-order valence-corrected chi connectivity index (χ0v) is 16.9. The lowest BCUT2D eigenvalue weighted by Gasteiger charge is -2.15. The second-order valence-electron chi connectivity index (χ2n) is 6.02. The molecule has 0 spiro atoms. The minimum atomic E-state index is 0.160. The Labute approximate surface area is 163 Å². The number of aryl methyl sites for hydroxylation is 1. The van der Waals surface area contributed by atoms with E-state index < -0.39 is 0 Å². The molecular formula is C20H27BrN2O3. The summed E-state index contributed by atoms with van der Waals surface area (Å²) in [5.41, 5.74) is 3.46. The van der Waals surface area contributed by atoms with E-state index in [4.69, 9.17) is 14.6 Å². The lowest BCUT2D eigenvalue weighted by Crippen LogP contribution is -2.28. The van der Waals surface area contributed by atoms with E-state index in [1.807, 2.05) is 12.1 Å². The molecule has 0 bridgehead atoms. The van der Waals surface area contributed by atoms with Gasteiger partial charge in [-0.1, -0.05) is 45.8 Å². The van der Waals surface area contributed by atoms with Gasteiger partial charge in [-0.05, 0) is 30.2 Å². The first-order valence-corrected chi connectivity index (χ1v) is 9.50. The van der Waals surface area contributed by atoms with Crippen molar-refractivity contribution < 1.29 is 14.6 Å². The maximum absolute atomic E-state index is 8.73. The summed E-state index contributed by atoms with van der Waals surface area (Å²) in [5, 5.41) is 15.2. The zero-order valence-electron chi connectivity index (χ0n) is 15.3. The van der Waals surface area contributed by atoms with E-state index in [2.05, 4.69) is 57.8 Å². The van der Waals surface area contributed by atoms with Crippen LogP contribution in [0, 0.1) is 6.92 Å². The van der Waals surface area contributed by atoms with Crippen LogP contribution in [0.4, 0.5) is 0 Å². The SMILES string of the molecule is COc1cc(CNCCNCCO)c(Br)cc1OCc1ccc(C)cc1. The highest BCUT2D eigenvalue weighted by Crippen LogP contribution is 2.34. The maximum Gasteiger partial charge on any atom is 0.162 e. The van der Waals surface area contributed by atoms with Crippen molar-refractivity contribution in [1.82, 2.24) is 10.6 Å². The molecule has 0 aliphatic heterocycles. The highest BCUT2D eigenvalue weighted by Gasteiger charge is 2.10. The summed E-state index contributed by atoms with van der Waals surface area (Å²) in [6.45, 7) is 5.69. The topological polar surface area (TPSA) is 62.8 Å². The lowest BCUT2D eigenvalue weighted by molar-refractivity contribution is 0.284. The van der Waals surface area contributed by atoms with Gasteiger partial charge >= 0.3 is 0 Å². The van der Waals surface area contributed by atoms with E-state index in [0.29, 0.717) is 18.9 Å². The molecule has 2 aromatic rings. The van der Waals surface area contributed by atoms with Crippen molar-refractivity contribution in [3.05, 3.63) is 57.6 Å². The Morgan fingerprint density at radius 2 is 1.73 bits per heavy atom. The van der Waals surface area contributed by atoms with Crippen molar-refractivity contribution in [3.8, 4) is 11.5 Å². The van der Waals surface area contributed by atoms with E-state index in [0.717, 1.165) is 41.0 Å². The lowest BCUT2D eigenvalue weighted by atomic mass is 10.1. The summed E-state index contributed by atoms with van der Waals surface area (Å²) in [6.07, 6.45) is 0. The quantitative estimate of drug-likeness (QED) is 0.485. The van der Waals surface area contributed by atoms with Gasteiger partial charge in [0.2, 0.25) is 0 Å². The standard InChI is InChI=1S/C20H27BrN2O3/c1-15-3-5-16(6-4-15)14-26-20-12-18(21)17(11-19(20)25-2)13-23-8-7-22-9-10-24/h3-6,11-12,22-24H,7-10,13-14H2,1-2H3. The zero-order chi connectivity index (χ0) is 18.8. The smallest absolute Gasteiger partial charge is 0.162 e. The average molecular weight is 423 g/mol. The minimum absolute atomic E-state index is 0.160. The summed E-state index contributed by atoms with van der Waals surface area (Å²) >= 11 is 3.62. The van der Waals surface area contributed by atoms with E-state index in [9.17, 15) is 0 Å². The molecule has 0 fully saturated rings. The molecule has 6 heteroatoms. The molecular weight excluding hydrogens is 396 g/mol. The summed E-state index contributed by atoms with van der Waals surface area (Å²) in [6, 6.07) is 12.2. The van der Waals surface area contributed by atoms with Crippen LogP contribution >= 0.6 is 15.9 Å². The largest absolute Gasteiger partial charge is 0.493 e. The van der Waals surface area contributed by atoms with E-state index in [1.165, 1.54) is 5.56 Å². The first-order chi connectivity index (χ1) is 12.6. The Morgan fingerprint density at radius 3 is 2.42 bits per heavy atom. The van der Waals surface area contributed by atoms with Gasteiger partial charge in [0, 0.05) is 30.7 Å². The highest BCUT2D eigenvalue weighted by atomic mass is 79.9. The number of halogens is 1. The first kappa shape index (κ1) is 20.7. The molecule has 2 rings (SSSR count). The van der Waals surface area contributed by atoms with Crippen LogP contribution in [0.3, 0.4) is 0 Å². The van der Waals surface area contributed by atoms with Crippen LogP contribution in [-0.2, 0) is 13.2 Å². The molecule has 0 aliphatic carbocycles. The number of hydrogen-bond acceptors (Lipinski definition) is 5. The molecule has 0 aromatic heterocycles. The minimum Gasteiger partial charge on any atom is -0.493 e. The molecule has 0 saturated carbocycles. The molecule has 2 aromatic carbocycles. The van der Waals surface area contributed by atoms with Gasteiger partial charge in [0.25, 0.3) is 0 Å². The Morgan fingerprint density at radius 1 is 1.00 bits per heavy atom. The van der Waals surface area contributed by atoms with Crippen molar-refractivity contribution in [1.29, 1.82) is 0 Å². The molecule has 0 radical (unpaired) electrons. The van der Waals surface area contributed by atoms with Crippen molar-refractivity contribution in [2.75, 3.05) is 33.4 Å². The molecule has 0 unspecified atom stereocenters. The van der Waals surface area contributed by atoms with Gasteiger partial charge in [-0.3, -0.25) is 0 Å². The Hall–Kier alpha value is -1.60. The van der Waals surface area contributed by atoms with Gasteiger partial charge < -0.3 is 25.2 Å². The fraction of sp³-hybridized carbons (Fsp3) is 0.400. The van der Waals surface area contributed by atoms with Crippen LogP contribution in [0.15, 0.2) is 40.9 Å². The first-order valence-electron chi connectivity index (χ1n) is 8.71. The van der Waals surface area contributed by atoms with Crippen LogP contribution in [0.2, 0.25) is 0 Å². The molecule has 0 heterocycles. The Balaban J connectivity index is 1.93. The number of hydrogen-bond donors (Lipinski definition) is 3. The van der Waals surface area contributed by atoms with Gasteiger partial charge in [0.15, 0.2) is 11.5 Å². The molecule has 3 N–H and O–H groups in total. The normalized spacial score (nSPS) is 10.8. The molecule has 5 nitrogen and oxygen atoms in total. The van der Waals surface area contributed by atoms with Gasteiger partial charge in [0.05, 0.1) is 13.7 Å². The van der Waals surface area contributed by atoms with Crippen LogP contribution in [0.1, 0.15) is 16.7 Å². The van der Waals surface area contributed by atoms with Crippen LogP contribution in [0.5, 0.6) is 11.5 Å². The summed E-state index contributed by atoms with van der Waals surface area (Å²) in [4.78, 5) is 0. The molecule has 0 atom stereocenters. The number of benzene rings is 2. The van der Waals surface area contributed by atoms with Crippen molar-refractivity contribution in [2.24, 2.45) is 0 Å². The third kappa shape index (κ3) is 6.61. The number of ether oxygens (including phenoxy) is 2. The van der Waals surface area contributed by atoms with E-state index in [-0.39, 0.29) is 6.61 Å². The van der Waals surface area contributed by atoms with Crippen molar-refractivity contribution in [2.45, 2.75) is 20.1 Å². The summed E-state index contributed by atoms with van der Waals surface area (Å²) in [7, 11) is 1.65. The fourth-order valence-corrected chi connectivity index (χ4v) is 2.90. The van der Waals surface area contributed by atoms with Crippen LogP contribution in [-0.4, -0.2) is 38.5 Å². The van der Waals surface area contributed by atoms with E-state index in [1.54, 1.807) is 7.11 Å². The second kappa shape index (κ2) is 11.2. The highest BCUT2D eigenvalue weighted by molar-refractivity contribution is 9.10. The van der Waals surface area contributed by atoms with Gasteiger partial charge in [-0.15, -0.1) is 0 Å². The number of nitrogens with one attached hydrogen (secondary N) is 2. The molecule has 0 saturated heterocycles. The van der Waals surface area contributed by atoms with E-state index >= 15 is 0 Å². The number of rotatable bonds is 11. The molecule has 0 aliphatic rings. The average Bonchev–Trinajstić information content (AvgIpc) is 2.65. The predicted molar refractivity (Wildman–Crippen MR) is 108 cm³/mol. The predicted octanol–water partition coefficient (Wildman–Crippen LogP) is 3.02. The summed E-state index contributed by atoms with van der Waals surface area (Å²) in [5.74, 6) is 1.43. The Kier molecular flexibility index (Phi) is 8.91. The van der Waals surface area contributed by atoms with Crippen molar-refractivity contribution in [3.63, 3.8) is 0 Å². The number of aliphatic hydroxyl groups is 1. The summed E-state index contributed by atoms with van der Waals surface area (Å²) < 4.78 is 12.4. The maximum atomic E-state index is 8.73. The molecule has 142 valence electrons. The van der Waals surface area contributed by atoms with Gasteiger partial charge in [0.1, 0.15) is 6.61 Å². The van der Waals surface area contributed by atoms with Crippen LogP contribution in [0.25, 0.3) is 0 Å².